The minimum atomic E-state index is -0.123. The van der Waals surface area contributed by atoms with E-state index in [0.29, 0.717) is 8.34 Å². The van der Waals surface area contributed by atoms with Crippen molar-refractivity contribution < 1.29 is 0 Å². The van der Waals surface area contributed by atoms with Crippen LogP contribution < -0.4 is 5.56 Å². The van der Waals surface area contributed by atoms with E-state index in [0.717, 1.165) is 5.69 Å². The number of nitrogens with one attached hydrogen (secondary N) is 2. The maximum Gasteiger partial charge on any atom is 0.265 e. The Kier molecular flexibility index (Phi) is 2.24. The Bertz CT molecular complexity index is 353. The fourth-order valence-electron chi connectivity index (χ4n) is 0.585. The lowest BCUT2D eigenvalue weighted by Gasteiger charge is -1.93. The van der Waals surface area contributed by atoms with E-state index in [4.69, 9.17) is 12.2 Å². The van der Waals surface area contributed by atoms with E-state index >= 15 is 0 Å². The zero-order chi connectivity index (χ0) is 7.72. The summed E-state index contributed by atoms with van der Waals surface area (Å²) in [6, 6.07) is 0. The van der Waals surface area contributed by atoms with Crippen molar-refractivity contribution in [1.29, 1.82) is 0 Å². The highest BCUT2D eigenvalue weighted by Crippen LogP contribution is 1.99. The van der Waals surface area contributed by atoms with E-state index in [1.54, 1.807) is 0 Å². The van der Waals surface area contributed by atoms with Crippen LogP contribution in [0.3, 0.4) is 0 Å². The number of hydrogen-bond donors (Lipinski definition) is 2. The summed E-state index contributed by atoms with van der Waals surface area (Å²) in [5.74, 6) is 0. The Labute approximate surface area is 76.0 Å². The van der Waals surface area contributed by atoms with Crippen molar-refractivity contribution in [2.75, 3.05) is 0 Å². The predicted octanol–water partition coefficient (Wildman–Crippen LogP) is 1.35. The molecule has 10 heavy (non-hydrogen) atoms. The molecule has 0 spiro atoms. The molecule has 1 aromatic heterocycles. The van der Waals surface area contributed by atoms with Gasteiger partial charge in [0.25, 0.3) is 5.56 Å². The van der Waals surface area contributed by atoms with Crippen molar-refractivity contribution >= 4 is 34.8 Å². The van der Waals surface area contributed by atoms with Gasteiger partial charge in [-0.1, -0.05) is 0 Å². The lowest BCUT2D eigenvalue weighted by Crippen LogP contribution is -2.12. The first-order valence-electron chi connectivity index (χ1n) is 2.60. The number of halogens is 1. The minimum Gasteiger partial charge on any atom is -0.335 e. The first-order valence-corrected chi connectivity index (χ1v) is 4.08. The van der Waals surface area contributed by atoms with E-state index in [9.17, 15) is 4.79 Å². The zero-order valence-corrected chi connectivity index (χ0v) is 8.17. The van der Waals surface area contributed by atoms with Crippen LogP contribution in [0, 0.1) is 15.3 Å². The van der Waals surface area contributed by atoms with Crippen LogP contribution in [0.15, 0.2) is 4.79 Å². The first kappa shape index (κ1) is 7.93. The Morgan fingerprint density at radius 2 is 2.10 bits per heavy atom. The van der Waals surface area contributed by atoms with E-state index in [1.165, 1.54) is 0 Å². The molecule has 0 radical (unpaired) electrons. The van der Waals surface area contributed by atoms with Crippen molar-refractivity contribution in [3.05, 3.63) is 24.4 Å². The molecule has 0 saturated heterocycles. The van der Waals surface area contributed by atoms with E-state index < -0.39 is 0 Å². The standard InChI is InChI=1S/C5H5IN2OS/c1-2-3(6)4(9)8-5(10)7-2/h1H3,(H2,7,8,9,10). The summed E-state index contributed by atoms with van der Waals surface area (Å²) in [6.07, 6.45) is 0. The Hall–Kier alpha value is -0.170. The Morgan fingerprint density at radius 3 is 2.60 bits per heavy atom. The second-order valence-electron chi connectivity index (χ2n) is 1.85. The van der Waals surface area contributed by atoms with Gasteiger partial charge in [-0.2, -0.15) is 0 Å². The van der Waals surface area contributed by atoms with Crippen molar-refractivity contribution in [3.63, 3.8) is 0 Å². The molecule has 0 fully saturated rings. The molecule has 0 saturated carbocycles. The van der Waals surface area contributed by atoms with Gasteiger partial charge in [-0.05, 0) is 41.7 Å². The maximum absolute atomic E-state index is 10.9. The highest BCUT2D eigenvalue weighted by molar-refractivity contribution is 14.1. The van der Waals surface area contributed by atoms with Gasteiger partial charge in [-0.3, -0.25) is 9.78 Å². The van der Waals surface area contributed by atoms with Crippen molar-refractivity contribution in [2.24, 2.45) is 0 Å². The Balaban J connectivity index is 3.62. The fraction of sp³-hybridized carbons (Fsp3) is 0.200. The van der Waals surface area contributed by atoms with Crippen molar-refractivity contribution in [1.82, 2.24) is 9.97 Å². The van der Waals surface area contributed by atoms with E-state index in [1.807, 2.05) is 29.5 Å². The smallest absolute Gasteiger partial charge is 0.265 e. The summed E-state index contributed by atoms with van der Waals surface area (Å²) in [4.78, 5) is 16.2. The summed E-state index contributed by atoms with van der Waals surface area (Å²) >= 11 is 6.70. The van der Waals surface area contributed by atoms with Gasteiger partial charge in [0.05, 0.1) is 3.57 Å². The maximum atomic E-state index is 10.9. The monoisotopic (exact) mass is 268 g/mol. The van der Waals surface area contributed by atoms with Gasteiger partial charge in [0.2, 0.25) is 0 Å². The third-order valence-corrected chi connectivity index (χ3v) is 2.56. The fourth-order valence-corrected chi connectivity index (χ4v) is 1.10. The summed E-state index contributed by atoms with van der Waals surface area (Å²) in [5.41, 5.74) is 0.691. The molecule has 3 nitrogen and oxygen atoms in total. The van der Waals surface area contributed by atoms with Gasteiger partial charge < -0.3 is 4.98 Å². The van der Waals surface area contributed by atoms with Gasteiger partial charge in [0.15, 0.2) is 4.77 Å². The number of H-pyrrole nitrogens is 2. The molecule has 1 rings (SSSR count). The van der Waals surface area contributed by atoms with Gasteiger partial charge in [-0.15, -0.1) is 0 Å². The summed E-state index contributed by atoms with van der Waals surface area (Å²) in [7, 11) is 0. The molecule has 2 N–H and O–H groups in total. The summed E-state index contributed by atoms with van der Waals surface area (Å²) in [6.45, 7) is 1.81. The molecule has 0 aliphatic rings. The number of aromatic nitrogens is 2. The van der Waals surface area contributed by atoms with Crippen LogP contribution >= 0.6 is 34.8 Å². The second kappa shape index (κ2) is 2.83. The predicted molar refractivity (Wildman–Crippen MR) is 49.7 cm³/mol. The van der Waals surface area contributed by atoms with Gasteiger partial charge in [0, 0.05) is 5.69 Å². The molecule has 5 heteroatoms. The molecule has 0 unspecified atom stereocenters. The molecule has 0 bridgehead atoms. The highest BCUT2D eigenvalue weighted by Gasteiger charge is 1.97. The zero-order valence-electron chi connectivity index (χ0n) is 5.19. The second-order valence-corrected chi connectivity index (χ2v) is 3.33. The topological polar surface area (TPSA) is 48.6 Å². The largest absolute Gasteiger partial charge is 0.335 e. The lowest BCUT2D eigenvalue weighted by atomic mass is 10.5. The lowest BCUT2D eigenvalue weighted by molar-refractivity contribution is 1.02. The average molecular weight is 268 g/mol. The molecule has 0 amide bonds. The van der Waals surface area contributed by atoms with E-state index in [-0.39, 0.29) is 5.56 Å². The first-order chi connectivity index (χ1) is 4.61. The molecule has 0 aliphatic heterocycles. The van der Waals surface area contributed by atoms with Crippen LogP contribution in [0.1, 0.15) is 5.69 Å². The molecular weight excluding hydrogens is 263 g/mol. The van der Waals surface area contributed by atoms with Crippen LogP contribution in [0.25, 0.3) is 0 Å². The van der Waals surface area contributed by atoms with Gasteiger partial charge in [-0.25, -0.2) is 0 Å². The van der Waals surface area contributed by atoms with Crippen LogP contribution in [-0.2, 0) is 0 Å². The van der Waals surface area contributed by atoms with Gasteiger partial charge >= 0.3 is 0 Å². The molecule has 0 aliphatic carbocycles. The molecule has 1 heterocycles. The number of rotatable bonds is 0. The molecule has 1 aromatic rings. The highest BCUT2D eigenvalue weighted by atomic mass is 127. The third kappa shape index (κ3) is 1.46. The summed E-state index contributed by atoms with van der Waals surface area (Å²) < 4.78 is 1.04. The third-order valence-electron chi connectivity index (χ3n) is 1.06. The minimum absolute atomic E-state index is 0.123. The van der Waals surface area contributed by atoms with E-state index in [2.05, 4.69) is 9.97 Å². The molecule has 54 valence electrons. The normalized spacial score (nSPS) is 9.80. The number of hydrogen-bond acceptors (Lipinski definition) is 2. The molecule has 0 aromatic carbocycles. The van der Waals surface area contributed by atoms with Crippen molar-refractivity contribution in [2.45, 2.75) is 6.92 Å². The van der Waals surface area contributed by atoms with Crippen LogP contribution in [-0.4, -0.2) is 9.97 Å². The molecule has 0 atom stereocenters. The van der Waals surface area contributed by atoms with Crippen LogP contribution in [0.4, 0.5) is 0 Å². The van der Waals surface area contributed by atoms with Crippen molar-refractivity contribution in [3.8, 4) is 0 Å². The SMILES string of the molecule is Cc1[nH]c(=S)[nH]c(=O)c1I. The van der Waals surface area contributed by atoms with Gasteiger partial charge in [0.1, 0.15) is 0 Å². The summed E-state index contributed by atoms with van der Waals surface area (Å²) in [5, 5.41) is 0. The van der Waals surface area contributed by atoms with Crippen LogP contribution in [0.5, 0.6) is 0 Å². The Morgan fingerprint density at radius 1 is 1.50 bits per heavy atom. The quantitative estimate of drug-likeness (QED) is 0.551. The molecular formula is C5H5IN2OS. The van der Waals surface area contributed by atoms with Crippen LogP contribution in [0.2, 0.25) is 0 Å². The number of aromatic amines is 2. The average Bonchev–Trinajstić information content (AvgIpc) is 1.82. The number of aryl methyl sites for hydroxylation is 1.